The molecule has 0 unspecified atom stereocenters. The SMILES string of the molecule is COC(=O)c1ccc(C)c(NC(=O)CSc2cc(C)c3cccc(C)c3n2)c1. The molecule has 144 valence electrons. The summed E-state index contributed by atoms with van der Waals surface area (Å²) in [5.41, 5.74) is 5.10. The number of para-hydroxylation sites is 1. The van der Waals surface area contributed by atoms with E-state index in [0.717, 1.165) is 32.6 Å². The van der Waals surface area contributed by atoms with E-state index in [1.165, 1.54) is 18.9 Å². The maximum Gasteiger partial charge on any atom is 0.337 e. The molecule has 0 aliphatic carbocycles. The lowest BCUT2D eigenvalue weighted by Crippen LogP contribution is -2.15. The zero-order valence-corrected chi connectivity index (χ0v) is 17.1. The summed E-state index contributed by atoms with van der Waals surface area (Å²) in [6, 6.07) is 13.2. The first-order chi connectivity index (χ1) is 13.4. The van der Waals surface area contributed by atoms with E-state index in [0.29, 0.717) is 11.3 Å². The van der Waals surface area contributed by atoms with Gasteiger partial charge in [0.1, 0.15) is 0 Å². The molecule has 0 radical (unpaired) electrons. The quantitative estimate of drug-likeness (QED) is 0.503. The van der Waals surface area contributed by atoms with Crippen molar-refractivity contribution in [2.75, 3.05) is 18.2 Å². The smallest absolute Gasteiger partial charge is 0.337 e. The second kappa shape index (κ2) is 8.44. The van der Waals surface area contributed by atoms with Gasteiger partial charge in [-0.1, -0.05) is 36.0 Å². The summed E-state index contributed by atoms with van der Waals surface area (Å²) in [5, 5.41) is 4.81. The van der Waals surface area contributed by atoms with Gasteiger partial charge in [-0.2, -0.15) is 0 Å². The first kappa shape index (κ1) is 19.9. The fourth-order valence-electron chi connectivity index (χ4n) is 2.93. The van der Waals surface area contributed by atoms with Gasteiger partial charge < -0.3 is 10.1 Å². The molecule has 6 heteroatoms. The number of esters is 1. The zero-order chi connectivity index (χ0) is 20.3. The fourth-order valence-corrected chi connectivity index (χ4v) is 3.70. The van der Waals surface area contributed by atoms with Crippen LogP contribution >= 0.6 is 11.8 Å². The first-order valence-corrected chi connectivity index (χ1v) is 9.86. The molecule has 1 aromatic heterocycles. The van der Waals surface area contributed by atoms with Crippen LogP contribution < -0.4 is 5.32 Å². The van der Waals surface area contributed by atoms with Crippen molar-refractivity contribution in [3.05, 3.63) is 64.7 Å². The molecule has 1 N–H and O–H groups in total. The minimum Gasteiger partial charge on any atom is -0.465 e. The number of aromatic nitrogens is 1. The third-order valence-electron chi connectivity index (χ3n) is 4.51. The average molecular weight is 394 g/mol. The van der Waals surface area contributed by atoms with Crippen molar-refractivity contribution in [3.63, 3.8) is 0 Å². The van der Waals surface area contributed by atoms with Gasteiger partial charge >= 0.3 is 5.97 Å². The standard InChI is InChI=1S/C22H22N2O3S/c1-13-8-9-16(22(26)27-4)11-18(13)23-19(25)12-28-20-10-15(3)17-7-5-6-14(2)21(17)24-20/h5-11H,12H2,1-4H3,(H,23,25). The van der Waals surface area contributed by atoms with Crippen molar-refractivity contribution >= 4 is 40.2 Å². The van der Waals surface area contributed by atoms with Gasteiger partial charge in [0.25, 0.3) is 0 Å². The maximum atomic E-state index is 12.4. The average Bonchev–Trinajstić information content (AvgIpc) is 2.68. The highest BCUT2D eigenvalue weighted by Gasteiger charge is 2.12. The number of carbonyl (C=O) groups is 2. The Labute approximate surface area is 168 Å². The van der Waals surface area contributed by atoms with Crippen molar-refractivity contribution in [3.8, 4) is 0 Å². The van der Waals surface area contributed by atoms with Crippen LogP contribution in [0, 0.1) is 20.8 Å². The lowest BCUT2D eigenvalue weighted by Gasteiger charge is -2.11. The van der Waals surface area contributed by atoms with Crippen LogP contribution in [0.1, 0.15) is 27.0 Å². The van der Waals surface area contributed by atoms with Gasteiger partial charge in [0, 0.05) is 11.1 Å². The van der Waals surface area contributed by atoms with Gasteiger partial charge in [0.2, 0.25) is 5.91 Å². The minimum absolute atomic E-state index is 0.153. The molecule has 2 aromatic carbocycles. The molecule has 3 rings (SSSR count). The number of methoxy groups -OCH3 is 1. The Kier molecular flexibility index (Phi) is 5.99. The number of fused-ring (bicyclic) bond motifs is 1. The molecular formula is C22H22N2O3S. The summed E-state index contributed by atoms with van der Waals surface area (Å²) in [6.45, 7) is 5.96. The third kappa shape index (κ3) is 4.34. The topological polar surface area (TPSA) is 68.3 Å². The van der Waals surface area contributed by atoms with E-state index in [-0.39, 0.29) is 11.7 Å². The van der Waals surface area contributed by atoms with Gasteiger partial charge in [0.05, 0.1) is 29.0 Å². The number of pyridine rings is 1. The molecule has 0 saturated carbocycles. The second-order valence-corrected chi connectivity index (χ2v) is 7.60. The summed E-state index contributed by atoms with van der Waals surface area (Å²) in [5.74, 6) is -0.360. The summed E-state index contributed by atoms with van der Waals surface area (Å²) in [7, 11) is 1.33. The molecule has 0 aliphatic rings. The molecule has 0 aliphatic heterocycles. The Morgan fingerprint density at radius 3 is 2.57 bits per heavy atom. The predicted octanol–water partition coefficient (Wildman–Crippen LogP) is 4.68. The van der Waals surface area contributed by atoms with Gasteiger partial charge in [-0.15, -0.1) is 0 Å². The van der Waals surface area contributed by atoms with E-state index < -0.39 is 5.97 Å². The zero-order valence-electron chi connectivity index (χ0n) is 16.3. The molecule has 0 saturated heterocycles. The molecule has 5 nitrogen and oxygen atoms in total. The molecule has 0 fully saturated rings. The van der Waals surface area contributed by atoms with Crippen LogP contribution in [0.15, 0.2) is 47.5 Å². The first-order valence-electron chi connectivity index (χ1n) is 8.87. The van der Waals surface area contributed by atoms with Crippen LogP contribution in [-0.2, 0) is 9.53 Å². The van der Waals surface area contributed by atoms with Crippen LogP contribution in [-0.4, -0.2) is 29.7 Å². The molecule has 28 heavy (non-hydrogen) atoms. The van der Waals surface area contributed by atoms with E-state index in [1.807, 2.05) is 32.0 Å². The van der Waals surface area contributed by atoms with Crippen LogP contribution in [0.5, 0.6) is 0 Å². The number of nitrogens with one attached hydrogen (secondary N) is 1. The van der Waals surface area contributed by atoms with E-state index >= 15 is 0 Å². The van der Waals surface area contributed by atoms with Crippen molar-refractivity contribution in [1.82, 2.24) is 4.98 Å². The lowest BCUT2D eigenvalue weighted by molar-refractivity contribution is -0.113. The van der Waals surface area contributed by atoms with Gasteiger partial charge in [-0.25, -0.2) is 9.78 Å². The summed E-state index contributed by atoms with van der Waals surface area (Å²) in [6.07, 6.45) is 0. The predicted molar refractivity (Wildman–Crippen MR) is 113 cm³/mol. The molecule has 0 bridgehead atoms. The highest BCUT2D eigenvalue weighted by Crippen LogP contribution is 2.26. The molecule has 1 heterocycles. The Morgan fingerprint density at radius 2 is 1.82 bits per heavy atom. The highest BCUT2D eigenvalue weighted by molar-refractivity contribution is 7.99. The number of anilines is 1. The molecule has 1 amide bonds. The number of benzene rings is 2. The van der Waals surface area contributed by atoms with Crippen LogP contribution in [0.3, 0.4) is 0 Å². The summed E-state index contributed by atoms with van der Waals surface area (Å²) >= 11 is 1.39. The number of carbonyl (C=O) groups excluding carboxylic acids is 2. The van der Waals surface area contributed by atoms with Crippen molar-refractivity contribution in [1.29, 1.82) is 0 Å². The normalized spacial score (nSPS) is 10.7. The number of amides is 1. The van der Waals surface area contributed by atoms with E-state index in [4.69, 9.17) is 9.72 Å². The van der Waals surface area contributed by atoms with Crippen LogP contribution in [0.25, 0.3) is 10.9 Å². The van der Waals surface area contributed by atoms with Crippen molar-refractivity contribution < 1.29 is 14.3 Å². The van der Waals surface area contributed by atoms with Crippen molar-refractivity contribution in [2.24, 2.45) is 0 Å². The third-order valence-corrected chi connectivity index (χ3v) is 5.42. The Hall–Kier alpha value is -2.86. The van der Waals surface area contributed by atoms with E-state index in [9.17, 15) is 9.59 Å². The van der Waals surface area contributed by atoms with Gasteiger partial charge in [-0.3, -0.25) is 4.79 Å². The van der Waals surface area contributed by atoms with E-state index in [1.54, 1.807) is 18.2 Å². The number of aryl methyl sites for hydroxylation is 3. The number of hydrogen-bond acceptors (Lipinski definition) is 5. The Bertz CT molecular complexity index is 1060. The maximum absolute atomic E-state index is 12.4. The number of ether oxygens (including phenoxy) is 1. The molecule has 3 aromatic rings. The van der Waals surface area contributed by atoms with Crippen molar-refractivity contribution in [2.45, 2.75) is 25.8 Å². The Morgan fingerprint density at radius 1 is 1.04 bits per heavy atom. The highest BCUT2D eigenvalue weighted by atomic mass is 32.2. The number of hydrogen-bond donors (Lipinski definition) is 1. The fraction of sp³-hybridized carbons (Fsp3) is 0.227. The monoisotopic (exact) mass is 394 g/mol. The van der Waals surface area contributed by atoms with Gasteiger partial charge in [-0.05, 0) is 55.7 Å². The second-order valence-electron chi connectivity index (χ2n) is 6.61. The largest absolute Gasteiger partial charge is 0.465 e. The lowest BCUT2D eigenvalue weighted by atomic mass is 10.1. The van der Waals surface area contributed by atoms with Gasteiger partial charge in [0.15, 0.2) is 0 Å². The number of thioether (sulfide) groups is 1. The van der Waals surface area contributed by atoms with Crippen LogP contribution in [0.4, 0.5) is 5.69 Å². The molecular weight excluding hydrogens is 372 g/mol. The molecule has 0 atom stereocenters. The number of rotatable bonds is 5. The van der Waals surface area contributed by atoms with E-state index in [2.05, 4.69) is 18.3 Å². The summed E-state index contributed by atoms with van der Waals surface area (Å²) in [4.78, 5) is 28.8. The number of nitrogens with zero attached hydrogens (tertiary/aromatic N) is 1. The Balaban J connectivity index is 1.72. The minimum atomic E-state index is -0.434. The molecule has 0 spiro atoms. The summed E-state index contributed by atoms with van der Waals surface area (Å²) < 4.78 is 4.73. The van der Waals surface area contributed by atoms with Crippen LogP contribution in [0.2, 0.25) is 0 Å².